The predicted molar refractivity (Wildman–Crippen MR) is 143 cm³/mol. The van der Waals surface area contributed by atoms with Gasteiger partial charge in [-0.3, -0.25) is 14.5 Å². The number of amides is 1. The molecule has 0 aromatic heterocycles. The molecular weight excluding hydrogens is 466 g/mol. The van der Waals surface area contributed by atoms with Gasteiger partial charge < -0.3 is 14.6 Å². The molecule has 0 bridgehead atoms. The molecule has 6 nitrogen and oxygen atoms in total. The van der Waals surface area contributed by atoms with Gasteiger partial charge in [0.15, 0.2) is 0 Å². The summed E-state index contributed by atoms with van der Waals surface area (Å²) in [4.78, 5) is 28.4. The molecule has 2 aliphatic heterocycles. The highest BCUT2D eigenvalue weighted by molar-refractivity contribution is 6.51. The first-order valence-corrected chi connectivity index (χ1v) is 12.7. The van der Waals surface area contributed by atoms with E-state index in [1.165, 1.54) is 4.90 Å². The molecule has 2 atom stereocenters. The van der Waals surface area contributed by atoms with Crippen molar-refractivity contribution in [2.24, 2.45) is 0 Å². The van der Waals surface area contributed by atoms with Crippen molar-refractivity contribution >= 4 is 23.1 Å². The minimum atomic E-state index is -0.811. The van der Waals surface area contributed by atoms with E-state index in [1.807, 2.05) is 68.4 Å². The zero-order valence-corrected chi connectivity index (χ0v) is 21.5. The van der Waals surface area contributed by atoms with Crippen LogP contribution in [0, 0.1) is 0 Å². The lowest BCUT2D eigenvalue weighted by atomic mass is 9.94. The van der Waals surface area contributed by atoms with E-state index in [-0.39, 0.29) is 17.4 Å². The van der Waals surface area contributed by atoms with Crippen LogP contribution in [-0.4, -0.2) is 29.5 Å². The van der Waals surface area contributed by atoms with E-state index in [9.17, 15) is 14.7 Å². The molecular formula is C31H31NO5. The number of aliphatic hydroxyl groups is 1. The summed E-state index contributed by atoms with van der Waals surface area (Å²) < 4.78 is 11.5. The number of hydrogen-bond donors (Lipinski definition) is 1. The largest absolute Gasteiger partial charge is 0.507 e. The van der Waals surface area contributed by atoms with E-state index in [0.29, 0.717) is 41.5 Å². The average molecular weight is 498 g/mol. The Morgan fingerprint density at radius 1 is 1.08 bits per heavy atom. The van der Waals surface area contributed by atoms with Crippen LogP contribution >= 0.6 is 0 Å². The lowest BCUT2D eigenvalue weighted by Gasteiger charge is -2.26. The van der Waals surface area contributed by atoms with Gasteiger partial charge in [-0.05, 0) is 78.9 Å². The number of ether oxygens (including phenoxy) is 2. The molecule has 1 fully saturated rings. The maximum Gasteiger partial charge on any atom is 0.300 e. The fraction of sp³-hybridized carbons (Fsp3) is 0.290. The predicted octanol–water partition coefficient (Wildman–Crippen LogP) is 6.16. The van der Waals surface area contributed by atoms with Crippen molar-refractivity contribution in [2.45, 2.75) is 52.2 Å². The summed E-state index contributed by atoms with van der Waals surface area (Å²) in [6, 6.07) is 19.5. The van der Waals surface area contributed by atoms with E-state index in [2.05, 4.69) is 13.8 Å². The van der Waals surface area contributed by atoms with E-state index < -0.39 is 17.7 Å². The topological polar surface area (TPSA) is 76.1 Å². The first-order chi connectivity index (χ1) is 17.8. The minimum Gasteiger partial charge on any atom is -0.507 e. The maximum atomic E-state index is 13.5. The third-order valence-electron chi connectivity index (χ3n) is 6.94. The van der Waals surface area contributed by atoms with Crippen molar-refractivity contribution in [1.82, 2.24) is 0 Å². The van der Waals surface area contributed by atoms with Crippen molar-refractivity contribution in [2.75, 3.05) is 11.5 Å². The third kappa shape index (κ3) is 4.48. The molecule has 1 saturated heterocycles. The van der Waals surface area contributed by atoms with Crippen LogP contribution in [0.4, 0.5) is 5.69 Å². The fourth-order valence-electron chi connectivity index (χ4n) is 5.10. The standard InChI is InChI=1S/C31H31NO5/c1-5-36-25-8-6-7-21(17-25)28-27(29(33)22-11-14-26-23(16-22)15-19(4)37-26)30(34)31(35)32(28)24-12-9-20(10-13-24)18(2)3/h6-14,16-19,28,33H,5,15H2,1-4H3/b29-27-. The van der Waals surface area contributed by atoms with Crippen molar-refractivity contribution in [3.8, 4) is 11.5 Å². The Hall–Kier alpha value is -4.06. The molecule has 0 radical (unpaired) electrons. The number of rotatable bonds is 6. The van der Waals surface area contributed by atoms with Crippen molar-refractivity contribution in [1.29, 1.82) is 0 Å². The maximum absolute atomic E-state index is 13.5. The third-order valence-corrected chi connectivity index (χ3v) is 6.94. The SMILES string of the molecule is CCOc1cccc(C2/C(=C(/O)c3ccc4c(c3)CC(C)O4)C(=O)C(=O)N2c2ccc(C(C)C)cc2)c1. The highest BCUT2D eigenvalue weighted by atomic mass is 16.5. The molecule has 6 heteroatoms. The molecule has 190 valence electrons. The second-order valence-corrected chi connectivity index (χ2v) is 9.88. The van der Waals surface area contributed by atoms with Gasteiger partial charge in [-0.2, -0.15) is 0 Å². The molecule has 0 saturated carbocycles. The number of nitrogens with zero attached hydrogens (tertiary/aromatic N) is 1. The van der Waals surface area contributed by atoms with Crippen molar-refractivity contribution < 1.29 is 24.2 Å². The number of aliphatic hydroxyl groups excluding tert-OH is 1. The molecule has 0 aliphatic carbocycles. The molecule has 0 spiro atoms. The zero-order valence-electron chi connectivity index (χ0n) is 21.5. The first-order valence-electron chi connectivity index (χ1n) is 12.7. The van der Waals surface area contributed by atoms with Crippen LogP contribution in [0.3, 0.4) is 0 Å². The van der Waals surface area contributed by atoms with Gasteiger partial charge in [0.25, 0.3) is 11.7 Å². The van der Waals surface area contributed by atoms with Gasteiger partial charge in [0.1, 0.15) is 23.4 Å². The lowest BCUT2D eigenvalue weighted by Crippen LogP contribution is -2.29. The summed E-state index contributed by atoms with van der Waals surface area (Å²) in [5.74, 6) is 0.134. The summed E-state index contributed by atoms with van der Waals surface area (Å²) in [6.07, 6.45) is 0.764. The number of Topliss-reactive ketones (excluding diaryl/α,β-unsaturated/α-hetero) is 1. The van der Waals surface area contributed by atoms with Crippen LogP contribution in [0.1, 0.15) is 61.9 Å². The summed E-state index contributed by atoms with van der Waals surface area (Å²) in [5, 5.41) is 11.5. The number of anilines is 1. The number of hydrogen-bond acceptors (Lipinski definition) is 5. The van der Waals surface area contributed by atoms with E-state index >= 15 is 0 Å². The smallest absolute Gasteiger partial charge is 0.300 e. The van der Waals surface area contributed by atoms with Crippen LogP contribution in [0.5, 0.6) is 11.5 Å². The molecule has 2 heterocycles. The summed E-state index contributed by atoms with van der Waals surface area (Å²) in [6.45, 7) is 8.57. The number of carbonyl (C=O) groups is 2. The number of fused-ring (bicyclic) bond motifs is 1. The first kappa shape index (κ1) is 24.6. The van der Waals surface area contributed by atoms with Crippen LogP contribution in [0.15, 0.2) is 72.3 Å². The van der Waals surface area contributed by atoms with Gasteiger partial charge in [-0.15, -0.1) is 0 Å². The summed E-state index contributed by atoms with van der Waals surface area (Å²) >= 11 is 0. The summed E-state index contributed by atoms with van der Waals surface area (Å²) in [5.41, 5.74) is 3.90. The van der Waals surface area contributed by atoms with Crippen molar-refractivity contribution in [3.63, 3.8) is 0 Å². The number of ketones is 1. The van der Waals surface area contributed by atoms with E-state index in [1.54, 1.807) is 12.1 Å². The Bertz CT molecular complexity index is 1390. The molecule has 3 aromatic carbocycles. The van der Waals surface area contributed by atoms with Gasteiger partial charge in [0, 0.05) is 17.7 Å². The van der Waals surface area contributed by atoms with Gasteiger partial charge in [-0.1, -0.05) is 38.1 Å². The number of carbonyl (C=O) groups excluding carboxylic acids is 2. The van der Waals surface area contributed by atoms with Crippen LogP contribution in [0.25, 0.3) is 5.76 Å². The quantitative estimate of drug-likeness (QED) is 0.251. The Kier molecular flexibility index (Phi) is 6.50. The Labute approximate surface area is 217 Å². The second-order valence-electron chi connectivity index (χ2n) is 9.88. The van der Waals surface area contributed by atoms with Gasteiger partial charge >= 0.3 is 0 Å². The highest BCUT2D eigenvalue weighted by Crippen LogP contribution is 2.43. The molecule has 37 heavy (non-hydrogen) atoms. The average Bonchev–Trinajstić information content (AvgIpc) is 3.39. The van der Waals surface area contributed by atoms with Gasteiger partial charge in [0.05, 0.1) is 18.2 Å². The molecule has 1 amide bonds. The monoisotopic (exact) mass is 497 g/mol. The van der Waals surface area contributed by atoms with Gasteiger partial charge in [0.2, 0.25) is 0 Å². The highest BCUT2D eigenvalue weighted by Gasteiger charge is 2.47. The Morgan fingerprint density at radius 3 is 2.54 bits per heavy atom. The normalized spacial score (nSPS) is 20.3. The minimum absolute atomic E-state index is 0.0492. The van der Waals surface area contributed by atoms with Crippen LogP contribution in [0.2, 0.25) is 0 Å². The molecule has 2 unspecified atom stereocenters. The molecule has 3 aromatic rings. The van der Waals surface area contributed by atoms with Crippen LogP contribution < -0.4 is 14.4 Å². The lowest BCUT2D eigenvalue weighted by molar-refractivity contribution is -0.132. The second kappa shape index (κ2) is 9.77. The van der Waals surface area contributed by atoms with E-state index in [0.717, 1.165) is 16.9 Å². The fourth-order valence-corrected chi connectivity index (χ4v) is 5.10. The Morgan fingerprint density at radius 2 is 1.84 bits per heavy atom. The number of benzene rings is 3. The van der Waals surface area contributed by atoms with Crippen LogP contribution in [-0.2, 0) is 16.0 Å². The summed E-state index contributed by atoms with van der Waals surface area (Å²) in [7, 11) is 0. The van der Waals surface area contributed by atoms with E-state index in [4.69, 9.17) is 9.47 Å². The molecule has 1 N–H and O–H groups in total. The van der Waals surface area contributed by atoms with Gasteiger partial charge in [-0.25, -0.2) is 0 Å². The van der Waals surface area contributed by atoms with Crippen molar-refractivity contribution in [3.05, 3.63) is 94.6 Å². The Balaban J connectivity index is 1.67. The molecule has 2 aliphatic rings. The zero-order chi connectivity index (χ0) is 26.3. The molecule has 5 rings (SSSR count).